The molecule has 0 unspecified atom stereocenters. The summed E-state index contributed by atoms with van der Waals surface area (Å²) in [6.07, 6.45) is -0.504. The number of aryl methyl sites for hydroxylation is 1. The van der Waals surface area contributed by atoms with Crippen molar-refractivity contribution in [2.24, 2.45) is 0 Å². The van der Waals surface area contributed by atoms with Gasteiger partial charge in [-0.2, -0.15) is 13.2 Å². The number of anilines is 2. The third kappa shape index (κ3) is 6.18. The smallest absolute Gasteiger partial charge is 0.433 e. The number of benzene rings is 1. The lowest BCUT2D eigenvalue weighted by atomic mass is 9.92. The molecular formula is C24H26F3N5O3S. The third-order valence-electron chi connectivity index (χ3n) is 6.01. The summed E-state index contributed by atoms with van der Waals surface area (Å²) in [6.45, 7) is 3.73. The summed E-state index contributed by atoms with van der Waals surface area (Å²) in [5, 5.41) is 14.7. The Morgan fingerprint density at radius 3 is 2.69 bits per heavy atom. The monoisotopic (exact) mass is 521 g/mol. The van der Waals surface area contributed by atoms with Gasteiger partial charge in [-0.15, -0.1) is 11.3 Å². The number of halogens is 3. The van der Waals surface area contributed by atoms with Gasteiger partial charge in [0.2, 0.25) is 5.95 Å². The van der Waals surface area contributed by atoms with Gasteiger partial charge in [-0.1, -0.05) is 6.07 Å². The zero-order chi connectivity index (χ0) is 25.9. The van der Waals surface area contributed by atoms with E-state index in [2.05, 4.69) is 29.9 Å². The van der Waals surface area contributed by atoms with Crippen molar-refractivity contribution in [1.29, 1.82) is 0 Å². The summed E-state index contributed by atoms with van der Waals surface area (Å²) >= 11 is 1.38. The quantitative estimate of drug-likeness (QED) is 0.438. The topological polar surface area (TPSA) is 100 Å². The second-order valence-electron chi connectivity index (χ2n) is 8.70. The number of rotatable bonds is 7. The minimum atomic E-state index is -4.56. The van der Waals surface area contributed by atoms with E-state index in [9.17, 15) is 23.1 Å². The van der Waals surface area contributed by atoms with E-state index in [1.54, 1.807) is 18.3 Å². The van der Waals surface area contributed by atoms with E-state index in [4.69, 9.17) is 0 Å². The molecule has 1 saturated heterocycles. The number of carbonyl (C=O) groups excluding carboxylic acids is 1. The van der Waals surface area contributed by atoms with Crippen LogP contribution in [-0.4, -0.2) is 57.7 Å². The SMILES string of the molecule is COC(=O)CCN1CCC(O)(c2ncc(-c3cc(C)cc(Nc4nccc(C(F)(F)F)n4)c3)s2)CC1. The van der Waals surface area contributed by atoms with Crippen molar-refractivity contribution in [3.8, 4) is 10.4 Å². The predicted molar refractivity (Wildman–Crippen MR) is 129 cm³/mol. The molecule has 1 fully saturated rings. The van der Waals surface area contributed by atoms with Crippen LogP contribution in [0.2, 0.25) is 0 Å². The van der Waals surface area contributed by atoms with Gasteiger partial charge in [0.15, 0.2) is 0 Å². The highest BCUT2D eigenvalue weighted by atomic mass is 32.1. The molecule has 0 aliphatic carbocycles. The lowest BCUT2D eigenvalue weighted by Crippen LogP contribution is -2.43. The molecule has 3 heterocycles. The summed E-state index contributed by atoms with van der Waals surface area (Å²) in [5.74, 6) is -0.410. The highest BCUT2D eigenvalue weighted by Crippen LogP contribution is 2.39. The number of aromatic nitrogens is 3. The molecule has 4 rings (SSSR count). The fraction of sp³-hybridized carbons (Fsp3) is 0.417. The standard InChI is InChI=1S/C24H26F3N5O3S/c1-15-11-16(13-17(12-15)30-22-28-7-3-19(31-22)24(25,26)27)18-14-29-21(36-18)23(34)5-9-32(10-6-23)8-4-20(33)35-2/h3,7,11-14,34H,4-6,8-10H2,1-2H3,(H,28,30,31). The molecule has 192 valence electrons. The molecule has 0 radical (unpaired) electrons. The van der Waals surface area contributed by atoms with E-state index in [0.717, 1.165) is 28.3 Å². The van der Waals surface area contributed by atoms with Crippen molar-refractivity contribution in [2.45, 2.75) is 38.0 Å². The Kier molecular flexibility index (Phi) is 7.57. The second-order valence-corrected chi connectivity index (χ2v) is 9.74. The van der Waals surface area contributed by atoms with E-state index in [1.807, 2.05) is 13.0 Å². The van der Waals surface area contributed by atoms with Gasteiger partial charge in [0.25, 0.3) is 0 Å². The molecule has 8 nitrogen and oxygen atoms in total. The lowest BCUT2D eigenvalue weighted by molar-refractivity contribution is -0.142. The van der Waals surface area contributed by atoms with E-state index in [-0.39, 0.29) is 11.9 Å². The van der Waals surface area contributed by atoms with Gasteiger partial charge < -0.3 is 20.1 Å². The first-order valence-corrected chi connectivity index (χ1v) is 12.1. The summed E-state index contributed by atoms with van der Waals surface area (Å²) in [7, 11) is 1.36. The van der Waals surface area contributed by atoms with Gasteiger partial charge in [0, 0.05) is 37.7 Å². The third-order valence-corrected chi connectivity index (χ3v) is 7.25. The fourth-order valence-corrected chi connectivity index (χ4v) is 5.09. The number of nitrogens with zero attached hydrogens (tertiary/aromatic N) is 4. The number of piperidine rings is 1. The van der Waals surface area contributed by atoms with Gasteiger partial charge >= 0.3 is 12.1 Å². The van der Waals surface area contributed by atoms with Crippen LogP contribution < -0.4 is 5.32 Å². The van der Waals surface area contributed by atoms with E-state index in [0.29, 0.717) is 49.6 Å². The molecule has 0 atom stereocenters. The number of esters is 1. The van der Waals surface area contributed by atoms with Gasteiger partial charge in [-0.3, -0.25) is 4.79 Å². The Labute approximate surface area is 210 Å². The summed E-state index contributed by atoms with van der Waals surface area (Å²) < 4.78 is 43.6. The molecule has 2 N–H and O–H groups in total. The zero-order valence-electron chi connectivity index (χ0n) is 19.8. The average Bonchev–Trinajstić information content (AvgIpc) is 3.34. The maximum absolute atomic E-state index is 13.0. The Balaban J connectivity index is 1.47. The van der Waals surface area contributed by atoms with Crippen LogP contribution in [0.15, 0.2) is 36.7 Å². The number of hydrogen-bond acceptors (Lipinski definition) is 9. The van der Waals surface area contributed by atoms with Gasteiger partial charge in [0.1, 0.15) is 16.3 Å². The molecule has 0 spiro atoms. The molecule has 0 amide bonds. The Bertz CT molecular complexity index is 1230. The number of nitrogens with one attached hydrogen (secondary N) is 1. The van der Waals surface area contributed by atoms with Crippen molar-refractivity contribution in [3.63, 3.8) is 0 Å². The highest BCUT2D eigenvalue weighted by Gasteiger charge is 2.37. The van der Waals surface area contributed by atoms with Crippen LogP contribution in [0.5, 0.6) is 0 Å². The predicted octanol–water partition coefficient (Wildman–Crippen LogP) is 4.52. The normalized spacial score (nSPS) is 16.1. The van der Waals surface area contributed by atoms with Crippen molar-refractivity contribution in [2.75, 3.05) is 32.1 Å². The van der Waals surface area contributed by atoms with Gasteiger partial charge in [0.05, 0.1) is 18.4 Å². The number of aliphatic hydroxyl groups is 1. The molecule has 12 heteroatoms. The molecule has 3 aromatic rings. The van der Waals surface area contributed by atoms with Crippen LogP contribution in [0.1, 0.15) is 35.5 Å². The van der Waals surface area contributed by atoms with E-state index in [1.165, 1.54) is 18.4 Å². The molecular weight excluding hydrogens is 495 g/mol. The average molecular weight is 522 g/mol. The lowest BCUT2D eigenvalue weighted by Gasteiger charge is -2.36. The second kappa shape index (κ2) is 10.5. The van der Waals surface area contributed by atoms with Crippen molar-refractivity contribution in [3.05, 3.63) is 52.9 Å². The van der Waals surface area contributed by atoms with Crippen LogP contribution >= 0.6 is 11.3 Å². The Morgan fingerprint density at radius 2 is 2.00 bits per heavy atom. The number of carbonyl (C=O) groups is 1. The Morgan fingerprint density at radius 1 is 1.25 bits per heavy atom. The molecule has 0 saturated carbocycles. The van der Waals surface area contributed by atoms with Crippen LogP contribution in [0, 0.1) is 6.92 Å². The number of hydrogen-bond donors (Lipinski definition) is 2. The molecule has 1 aliphatic heterocycles. The molecule has 1 aliphatic rings. The van der Waals surface area contributed by atoms with Crippen molar-refractivity contribution in [1.82, 2.24) is 19.9 Å². The first-order valence-electron chi connectivity index (χ1n) is 11.3. The molecule has 1 aromatic carbocycles. The number of likely N-dealkylation sites (tertiary alicyclic amines) is 1. The minimum absolute atomic E-state index is 0.153. The molecule has 0 bridgehead atoms. The van der Waals surface area contributed by atoms with Crippen LogP contribution in [0.25, 0.3) is 10.4 Å². The van der Waals surface area contributed by atoms with Gasteiger partial charge in [-0.05, 0) is 49.1 Å². The van der Waals surface area contributed by atoms with Crippen molar-refractivity contribution < 1.29 is 27.8 Å². The number of thiazole rings is 1. The van der Waals surface area contributed by atoms with Crippen LogP contribution in [0.4, 0.5) is 24.8 Å². The highest BCUT2D eigenvalue weighted by molar-refractivity contribution is 7.15. The van der Waals surface area contributed by atoms with Crippen LogP contribution in [-0.2, 0) is 21.3 Å². The maximum Gasteiger partial charge on any atom is 0.433 e. The molecule has 2 aromatic heterocycles. The maximum atomic E-state index is 13.0. The fourth-order valence-electron chi connectivity index (χ4n) is 4.04. The number of alkyl halides is 3. The van der Waals surface area contributed by atoms with Crippen molar-refractivity contribution >= 4 is 28.9 Å². The largest absolute Gasteiger partial charge is 0.469 e. The first-order chi connectivity index (χ1) is 17.1. The first kappa shape index (κ1) is 26.0. The summed E-state index contributed by atoms with van der Waals surface area (Å²) in [5.41, 5.74) is 0.157. The number of ether oxygens (including phenoxy) is 1. The summed E-state index contributed by atoms with van der Waals surface area (Å²) in [4.78, 5) is 26.3. The van der Waals surface area contributed by atoms with E-state index >= 15 is 0 Å². The molecule has 36 heavy (non-hydrogen) atoms. The van der Waals surface area contributed by atoms with E-state index < -0.39 is 17.5 Å². The van der Waals surface area contributed by atoms with Gasteiger partial charge in [-0.25, -0.2) is 15.0 Å². The Hall–Kier alpha value is -3.09. The minimum Gasteiger partial charge on any atom is -0.469 e. The number of methoxy groups -OCH3 is 1. The zero-order valence-corrected chi connectivity index (χ0v) is 20.6. The van der Waals surface area contributed by atoms with Crippen LogP contribution in [0.3, 0.4) is 0 Å². The summed E-state index contributed by atoms with van der Waals surface area (Å²) in [6, 6.07) is 6.33.